The minimum Gasteiger partial charge on any atom is -0.307 e. The molecule has 1 aromatic rings. The highest BCUT2D eigenvalue weighted by Gasteiger charge is 2.34. The fraction of sp³-hybridized carbons (Fsp3) is 0.750. The van der Waals surface area contributed by atoms with Gasteiger partial charge in [0.05, 0.1) is 4.34 Å². The second-order valence-electron chi connectivity index (χ2n) is 6.94. The average Bonchev–Trinajstić information content (AvgIpc) is 2.75. The van der Waals surface area contributed by atoms with E-state index in [1.165, 1.54) is 31.2 Å². The summed E-state index contributed by atoms with van der Waals surface area (Å²) in [4.78, 5) is 0. The molecule has 1 aliphatic rings. The first-order valence-electron chi connectivity index (χ1n) is 7.38. The summed E-state index contributed by atoms with van der Waals surface area (Å²) < 4.78 is 0.889. The van der Waals surface area contributed by atoms with Crippen LogP contribution >= 0.6 is 22.9 Å². The SMILES string of the molecule is CC(NC1CCCCC1C(C)(C)C)c1csc(Cl)c1. The van der Waals surface area contributed by atoms with Crippen LogP contribution in [0.1, 0.15) is 65.0 Å². The quantitative estimate of drug-likeness (QED) is 0.759. The zero-order valence-electron chi connectivity index (χ0n) is 12.5. The Bertz CT molecular complexity index is 407. The molecule has 19 heavy (non-hydrogen) atoms. The molecule has 2 rings (SSSR count). The van der Waals surface area contributed by atoms with E-state index >= 15 is 0 Å². The highest BCUT2D eigenvalue weighted by atomic mass is 35.5. The zero-order valence-corrected chi connectivity index (χ0v) is 14.1. The molecule has 1 heterocycles. The zero-order chi connectivity index (χ0) is 14.0. The van der Waals surface area contributed by atoms with E-state index in [9.17, 15) is 0 Å². The van der Waals surface area contributed by atoms with Crippen molar-refractivity contribution in [2.75, 3.05) is 0 Å². The van der Waals surface area contributed by atoms with E-state index < -0.39 is 0 Å². The smallest absolute Gasteiger partial charge is 0.0931 e. The lowest BCUT2D eigenvalue weighted by Crippen LogP contribution is -2.45. The fourth-order valence-electron chi connectivity index (χ4n) is 3.33. The predicted molar refractivity (Wildman–Crippen MR) is 86.1 cm³/mol. The van der Waals surface area contributed by atoms with Crippen LogP contribution in [0.25, 0.3) is 0 Å². The van der Waals surface area contributed by atoms with Crippen LogP contribution < -0.4 is 5.32 Å². The van der Waals surface area contributed by atoms with Crippen LogP contribution in [0.4, 0.5) is 0 Å². The summed E-state index contributed by atoms with van der Waals surface area (Å²) in [6.45, 7) is 9.39. The first-order chi connectivity index (χ1) is 8.88. The first-order valence-corrected chi connectivity index (χ1v) is 8.63. The Morgan fingerprint density at radius 3 is 2.58 bits per heavy atom. The number of rotatable bonds is 3. The number of hydrogen-bond donors (Lipinski definition) is 1. The maximum atomic E-state index is 6.04. The van der Waals surface area contributed by atoms with Crippen molar-refractivity contribution in [3.8, 4) is 0 Å². The normalized spacial score (nSPS) is 26.4. The van der Waals surface area contributed by atoms with Gasteiger partial charge in [-0.05, 0) is 48.1 Å². The summed E-state index contributed by atoms with van der Waals surface area (Å²) in [5, 5.41) is 6.03. The minimum absolute atomic E-state index is 0.393. The Labute approximate surface area is 126 Å². The third kappa shape index (κ3) is 3.96. The van der Waals surface area contributed by atoms with Crippen LogP contribution in [0.15, 0.2) is 11.4 Å². The molecule has 0 spiro atoms. The third-order valence-electron chi connectivity index (χ3n) is 4.43. The van der Waals surface area contributed by atoms with E-state index in [0.29, 0.717) is 17.5 Å². The standard InChI is InChI=1S/C16H26ClNS/c1-11(12-9-15(17)19-10-12)18-14-8-6-5-7-13(14)16(2,3)4/h9-11,13-14,18H,5-8H2,1-4H3. The van der Waals surface area contributed by atoms with Crippen molar-refractivity contribution in [3.63, 3.8) is 0 Å². The Hall–Kier alpha value is -0.0500. The summed E-state index contributed by atoms with van der Waals surface area (Å²) in [6.07, 6.45) is 5.42. The van der Waals surface area contributed by atoms with Gasteiger partial charge in [0.15, 0.2) is 0 Å². The lowest BCUT2D eigenvalue weighted by Gasteiger charge is -2.42. The van der Waals surface area contributed by atoms with Gasteiger partial charge in [-0.15, -0.1) is 11.3 Å². The van der Waals surface area contributed by atoms with Crippen LogP contribution in [0, 0.1) is 11.3 Å². The maximum Gasteiger partial charge on any atom is 0.0931 e. The molecule has 3 unspecified atom stereocenters. The van der Waals surface area contributed by atoms with Gasteiger partial charge in [0.1, 0.15) is 0 Å². The minimum atomic E-state index is 0.393. The molecule has 1 N–H and O–H groups in total. The fourth-order valence-corrected chi connectivity index (χ4v) is 4.32. The molecule has 1 fully saturated rings. The second-order valence-corrected chi connectivity index (χ2v) is 8.48. The van der Waals surface area contributed by atoms with E-state index in [2.05, 4.69) is 44.5 Å². The monoisotopic (exact) mass is 299 g/mol. The highest BCUT2D eigenvalue weighted by molar-refractivity contribution is 7.14. The summed E-state index contributed by atoms with van der Waals surface area (Å²) in [6, 6.07) is 3.14. The Morgan fingerprint density at radius 2 is 2.00 bits per heavy atom. The van der Waals surface area contributed by atoms with Crippen molar-refractivity contribution in [2.24, 2.45) is 11.3 Å². The molecule has 0 amide bonds. The van der Waals surface area contributed by atoms with Gasteiger partial charge in [0.25, 0.3) is 0 Å². The van der Waals surface area contributed by atoms with E-state index in [-0.39, 0.29) is 0 Å². The van der Waals surface area contributed by atoms with Crippen molar-refractivity contribution >= 4 is 22.9 Å². The molecule has 3 atom stereocenters. The largest absolute Gasteiger partial charge is 0.307 e. The van der Waals surface area contributed by atoms with E-state index in [1.54, 1.807) is 11.3 Å². The van der Waals surface area contributed by atoms with Crippen LogP contribution in [-0.4, -0.2) is 6.04 Å². The summed E-state index contributed by atoms with van der Waals surface area (Å²) in [5.41, 5.74) is 1.72. The molecule has 0 bridgehead atoms. The number of hydrogen-bond acceptors (Lipinski definition) is 2. The topological polar surface area (TPSA) is 12.0 Å². The van der Waals surface area contributed by atoms with Crippen molar-refractivity contribution in [2.45, 2.75) is 65.5 Å². The van der Waals surface area contributed by atoms with Crippen molar-refractivity contribution in [1.82, 2.24) is 5.32 Å². The van der Waals surface area contributed by atoms with Gasteiger partial charge in [-0.1, -0.05) is 45.2 Å². The van der Waals surface area contributed by atoms with Crippen LogP contribution in [0.2, 0.25) is 4.34 Å². The third-order valence-corrected chi connectivity index (χ3v) is 5.54. The van der Waals surface area contributed by atoms with Gasteiger partial charge in [-0.2, -0.15) is 0 Å². The molecule has 0 aromatic carbocycles. The molecule has 1 aliphatic carbocycles. The maximum absolute atomic E-state index is 6.04. The van der Waals surface area contributed by atoms with Crippen molar-refractivity contribution in [3.05, 3.63) is 21.3 Å². The molecule has 1 nitrogen and oxygen atoms in total. The number of halogens is 1. The van der Waals surface area contributed by atoms with Crippen LogP contribution in [0.5, 0.6) is 0 Å². The first kappa shape index (κ1) is 15.3. The lowest BCUT2D eigenvalue weighted by atomic mass is 9.69. The predicted octanol–water partition coefficient (Wildman–Crippen LogP) is 5.66. The van der Waals surface area contributed by atoms with Gasteiger partial charge in [0, 0.05) is 12.1 Å². The molecule has 0 aliphatic heterocycles. The van der Waals surface area contributed by atoms with Gasteiger partial charge in [-0.3, -0.25) is 0 Å². The average molecular weight is 300 g/mol. The summed E-state index contributed by atoms with van der Waals surface area (Å²) >= 11 is 7.67. The van der Waals surface area contributed by atoms with Crippen molar-refractivity contribution < 1.29 is 0 Å². The number of nitrogens with one attached hydrogen (secondary N) is 1. The molecule has 0 radical (unpaired) electrons. The van der Waals surface area contributed by atoms with Gasteiger partial charge < -0.3 is 5.32 Å². The van der Waals surface area contributed by atoms with Gasteiger partial charge in [-0.25, -0.2) is 0 Å². The van der Waals surface area contributed by atoms with E-state index in [1.807, 2.05) is 0 Å². The Morgan fingerprint density at radius 1 is 1.32 bits per heavy atom. The molecule has 108 valence electrons. The van der Waals surface area contributed by atoms with Gasteiger partial charge in [0.2, 0.25) is 0 Å². The highest BCUT2D eigenvalue weighted by Crippen LogP contribution is 2.39. The second kappa shape index (κ2) is 6.15. The lowest BCUT2D eigenvalue weighted by molar-refractivity contribution is 0.124. The number of thiophene rings is 1. The van der Waals surface area contributed by atoms with E-state index in [0.717, 1.165) is 10.3 Å². The molecule has 3 heteroatoms. The Kier molecular flexibility index (Phi) is 4.97. The molecule has 0 saturated heterocycles. The molecule has 1 aromatic heterocycles. The summed E-state index contributed by atoms with van der Waals surface area (Å²) in [7, 11) is 0. The molecular formula is C16H26ClNS. The Balaban J connectivity index is 2.03. The molecule has 1 saturated carbocycles. The van der Waals surface area contributed by atoms with Crippen LogP contribution in [0.3, 0.4) is 0 Å². The van der Waals surface area contributed by atoms with E-state index in [4.69, 9.17) is 11.6 Å². The van der Waals surface area contributed by atoms with Crippen molar-refractivity contribution in [1.29, 1.82) is 0 Å². The summed E-state index contributed by atoms with van der Waals surface area (Å²) in [5.74, 6) is 0.776. The van der Waals surface area contributed by atoms with Gasteiger partial charge >= 0.3 is 0 Å². The molecular weight excluding hydrogens is 274 g/mol. The van der Waals surface area contributed by atoms with Crippen LogP contribution in [-0.2, 0) is 0 Å².